The van der Waals surface area contributed by atoms with Crippen LogP contribution in [0.25, 0.3) is 0 Å². The minimum Gasteiger partial charge on any atom is -0.298 e. The summed E-state index contributed by atoms with van der Waals surface area (Å²) in [4.78, 5) is 19.8. The first-order valence-electron chi connectivity index (χ1n) is 8.27. The minimum atomic E-state index is -4.64. The summed E-state index contributed by atoms with van der Waals surface area (Å²) in [5.74, 6) is 0. The highest BCUT2D eigenvalue weighted by Gasteiger charge is 2.33. The van der Waals surface area contributed by atoms with Crippen molar-refractivity contribution in [3.63, 3.8) is 0 Å². The number of amides is 1. The molecule has 3 rings (SSSR count). The molecule has 0 aliphatic carbocycles. The third kappa shape index (κ3) is 5.31. The van der Waals surface area contributed by atoms with Crippen molar-refractivity contribution >= 4 is 38.3 Å². The van der Waals surface area contributed by atoms with Crippen molar-refractivity contribution in [1.82, 2.24) is 9.29 Å². The highest BCUT2D eigenvalue weighted by atomic mass is 32.2. The number of thiazole rings is 1. The molecule has 156 valence electrons. The number of sulfonamides is 1. The lowest BCUT2D eigenvalue weighted by molar-refractivity contribution is -0.137. The maximum Gasteiger partial charge on any atom is 0.439 e. The number of hydrogen-bond acceptors (Lipinski definition) is 7. The number of piperidine rings is 1. The van der Waals surface area contributed by atoms with E-state index in [-0.39, 0.29) is 25.9 Å². The second kappa shape index (κ2) is 8.47. The molecule has 29 heavy (non-hydrogen) atoms. The first kappa shape index (κ1) is 21.2. The van der Waals surface area contributed by atoms with E-state index in [1.54, 1.807) is 5.38 Å². The van der Waals surface area contributed by atoms with Gasteiger partial charge in [-0.05, 0) is 18.2 Å². The van der Waals surface area contributed by atoms with Crippen molar-refractivity contribution < 1.29 is 31.2 Å². The van der Waals surface area contributed by atoms with E-state index in [1.807, 2.05) is 0 Å². The highest BCUT2D eigenvalue weighted by Crippen LogP contribution is 2.31. The van der Waals surface area contributed by atoms with Crippen LogP contribution in [-0.2, 0) is 21.0 Å². The Hall–Kier alpha value is -2.51. The number of carbonyl (C=O) groups excluding carboxylic acids is 1. The Balaban J connectivity index is 1.60. The summed E-state index contributed by atoms with van der Waals surface area (Å²) >= 11 is 1.20. The van der Waals surface area contributed by atoms with Crippen LogP contribution in [0.2, 0.25) is 0 Å². The Morgan fingerprint density at radius 3 is 2.62 bits per heavy atom. The largest absolute Gasteiger partial charge is 0.439 e. The van der Waals surface area contributed by atoms with Gasteiger partial charge in [0.1, 0.15) is 0 Å². The van der Waals surface area contributed by atoms with Crippen LogP contribution in [-0.4, -0.2) is 42.6 Å². The van der Waals surface area contributed by atoms with Crippen molar-refractivity contribution in [3.8, 4) is 0 Å². The van der Waals surface area contributed by atoms with E-state index in [0.717, 1.165) is 22.5 Å². The zero-order valence-corrected chi connectivity index (χ0v) is 16.4. The Morgan fingerprint density at radius 1 is 1.28 bits per heavy atom. The molecule has 1 aromatic carbocycles. The van der Waals surface area contributed by atoms with Gasteiger partial charge in [0, 0.05) is 37.5 Å². The zero-order valence-electron chi connectivity index (χ0n) is 14.7. The van der Waals surface area contributed by atoms with Crippen LogP contribution in [0.15, 0.2) is 45.9 Å². The number of halogens is 3. The number of anilines is 1. The Kier molecular flexibility index (Phi) is 6.19. The molecule has 1 saturated heterocycles. The smallest absolute Gasteiger partial charge is 0.298 e. The molecule has 1 fully saturated rings. The van der Waals surface area contributed by atoms with Gasteiger partial charge in [-0.15, -0.1) is 11.3 Å². The number of rotatable bonds is 4. The number of nitrogens with zero attached hydrogens (tertiary/aromatic N) is 3. The molecule has 13 heteroatoms. The van der Waals surface area contributed by atoms with Gasteiger partial charge in [0.05, 0.1) is 16.2 Å². The molecule has 8 nitrogen and oxygen atoms in total. The Labute approximate surface area is 168 Å². The van der Waals surface area contributed by atoms with Crippen molar-refractivity contribution in [2.45, 2.75) is 23.9 Å². The number of hydrogen-bond donors (Lipinski definition) is 1. The quantitative estimate of drug-likeness (QED) is 0.570. The number of benzene rings is 1. The maximum absolute atomic E-state index is 12.8. The van der Waals surface area contributed by atoms with Crippen molar-refractivity contribution in [3.05, 3.63) is 41.4 Å². The van der Waals surface area contributed by atoms with Crippen LogP contribution in [0.5, 0.6) is 0 Å². The lowest BCUT2D eigenvalue weighted by Crippen LogP contribution is -2.38. The fraction of sp³-hybridized carbons (Fsp3) is 0.312. The second-order valence-electron chi connectivity index (χ2n) is 5.93. The zero-order chi connectivity index (χ0) is 21.1. The summed E-state index contributed by atoms with van der Waals surface area (Å²) in [6.45, 7) is 0.0176. The van der Waals surface area contributed by atoms with Crippen LogP contribution in [0.1, 0.15) is 18.4 Å². The predicted molar refractivity (Wildman–Crippen MR) is 99.1 cm³/mol. The summed E-state index contributed by atoms with van der Waals surface area (Å²) in [6.07, 6.45) is -3.59. The van der Waals surface area contributed by atoms with Gasteiger partial charge in [-0.1, -0.05) is 11.2 Å². The summed E-state index contributed by atoms with van der Waals surface area (Å²) in [7, 11) is -4.08. The molecular weight excluding hydrogens is 433 g/mol. The van der Waals surface area contributed by atoms with Crippen molar-refractivity contribution in [2.75, 3.05) is 18.4 Å². The van der Waals surface area contributed by atoms with E-state index < -0.39 is 32.8 Å². The van der Waals surface area contributed by atoms with E-state index in [1.165, 1.54) is 17.5 Å². The molecule has 0 saturated carbocycles. The van der Waals surface area contributed by atoms with E-state index in [0.29, 0.717) is 16.9 Å². The number of aromatic nitrogens is 1. The number of alkyl halides is 3. The van der Waals surface area contributed by atoms with Gasteiger partial charge < -0.3 is 0 Å². The first-order chi connectivity index (χ1) is 13.7. The fourth-order valence-corrected chi connectivity index (χ4v) is 4.56. The molecule has 0 atom stereocenters. The summed E-state index contributed by atoms with van der Waals surface area (Å²) in [5.41, 5.74) is -0.563. The third-order valence-electron chi connectivity index (χ3n) is 4.00. The normalized spacial score (nSPS) is 15.8. The fourth-order valence-electron chi connectivity index (χ4n) is 2.56. The number of carbonyl (C=O) groups is 1. The molecule has 2 heterocycles. The molecule has 0 radical (unpaired) electrons. The molecular formula is C16H15F3N4O4S2. The molecule has 0 spiro atoms. The molecule has 1 aliphatic heterocycles. The molecule has 1 aromatic heterocycles. The lowest BCUT2D eigenvalue weighted by atomic mass is 10.1. The number of oxime groups is 1. The monoisotopic (exact) mass is 448 g/mol. The standard InChI is InChI=1S/C16H15F3N4O4S2/c17-16(18,19)11-2-1-3-13(10-11)29(25,26)23-7-4-12(5-8-23)22-27-15(24)21-14-20-6-9-28-14/h1-3,6,9-10H,4-5,7-8H2,(H,20,21,24). The van der Waals surface area contributed by atoms with Crippen LogP contribution in [0.3, 0.4) is 0 Å². The Bertz CT molecular complexity index is 997. The Morgan fingerprint density at radius 2 is 2.00 bits per heavy atom. The van der Waals surface area contributed by atoms with E-state index in [9.17, 15) is 26.4 Å². The van der Waals surface area contributed by atoms with Crippen molar-refractivity contribution in [2.24, 2.45) is 5.16 Å². The van der Waals surface area contributed by atoms with Gasteiger partial charge in [-0.25, -0.2) is 18.2 Å². The molecule has 1 amide bonds. The molecule has 0 bridgehead atoms. The van der Waals surface area contributed by atoms with Gasteiger partial charge in [0.2, 0.25) is 10.0 Å². The summed E-state index contributed by atoms with van der Waals surface area (Å²) < 4.78 is 64.9. The SMILES string of the molecule is O=C(Nc1nccs1)ON=C1CCN(S(=O)(=O)c2cccc(C(F)(F)F)c2)CC1. The average molecular weight is 448 g/mol. The van der Waals surface area contributed by atoms with Crippen molar-refractivity contribution in [1.29, 1.82) is 0 Å². The van der Waals surface area contributed by atoms with E-state index in [2.05, 4.69) is 15.5 Å². The van der Waals surface area contributed by atoms with Gasteiger partial charge in [-0.3, -0.25) is 10.2 Å². The molecule has 1 N–H and O–H groups in total. The van der Waals surface area contributed by atoms with E-state index >= 15 is 0 Å². The number of nitrogens with one attached hydrogen (secondary N) is 1. The highest BCUT2D eigenvalue weighted by molar-refractivity contribution is 7.89. The summed E-state index contributed by atoms with van der Waals surface area (Å²) in [6, 6.07) is 3.61. The van der Waals surface area contributed by atoms with Crippen LogP contribution < -0.4 is 5.32 Å². The van der Waals surface area contributed by atoms with Gasteiger partial charge in [-0.2, -0.15) is 17.5 Å². The topological polar surface area (TPSA) is 101 Å². The maximum atomic E-state index is 12.8. The molecule has 0 unspecified atom stereocenters. The first-order valence-corrected chi connectivity index (χ1v) is 10.6. The average Bonchev–Trinajstić information content (AvgIpc) is 3.19. The molecule has 1 aliphatic rings. The third-order valence-corrected chi connectivity index (χ3v) is 6.58. The van der Waals surface area contributed by atoms with Crippen LogP contribution in [0, 0.1) is 0 Å². The van der Waals surface area contributed by atoms with Crippen LogP contribution in [0.4, 0.5) is 23.1 Å². The minimum absolute atomic E-state index is 0.00880. The summed E-state index contributed by atoms with van der Waals surface area (Å²) in [5, 5.41) is 8.10. The second-order valence-corrected chi connectivity index (χ2v) is 8.76. The predicted octanol–water partition coefficient (Wildman–Crippen LogP) is 3.55. The van der Waals surface area contributed by atoms with Gasteiger partial charge in [0.15, 0.2) is 5.13 Å². The van der Waals surface area contributed by atoms with E-state index in [4.69, 9.17) is 4.84 Å². The lowest BCUT2D eigenvalue weighted by Gasteiger charge is -2.26. The molecule has 2 aromatic rings. The van der Waals surface area contributed by atoms with Crippen LogP contribution >= 0.6 is 11.3 Å². The van der Waals surface area contributed by atoms with Gasteiger partial charge in [0.25, 0.3) is 0 Å². The van der Waals surface area contributed by atoms with Gasteiger partial charge >= 0.3 is 12.3 Å².